The molecule has 1 unspecified atom stereocenters. The zero-order valence-corrected chi connectivity index (χ0v) is 12.6. The number of nitrogens with one attached hydrogen (secondary N) is 1. The standard InChI is InChI=1S/C17H24F2N2/c1-12(16-5-4-14(18)10-17(16)19)21-8-6-15(7-9-21)20-11-13-2-3-13/h4-5,10,12-13,15,20H,2-3,6-9,11H2,1H3. The van der Waals surface area contributed by atoms with Crippen LogP contribution in [-0.4, -0.2) is 30.6 Å². The Morgan fingerprint density at radius 3 is 2.52 bits per heavy atom. The van der Waals surface area contributed by atoms with Crippen LogP contribution in [-0.2, 0) is 0 Å². The molecule has 3 rings (SSSR count). The molecule has 1 N–H and O–H groups in total. The van der Waals surface area contributed by atoms with Crippen LogP contribution >= 0.6 is 0 Å². The van der Waals surface area contributed by atoms with E-state index >= 15 is 0 Å². The summed E-state index contributed by atoms with van der Waals surface area (Å²) in [5.41, 5.74) is 0.598. The maximum absolute atomic E-state index is 13.9. The van der Waals surface area contributed by atoms with Gasteiger partial charge in [0.25, 0.3) is 0 Å². The van der Waals surface area contributed by atoms with Crippen LogP contribution in [0.3, 0.4) is 0 Å². The van der Waals surface area contributed by atoms with Crippen LogP contribution in [0.1, 0.15) is 44.2 Å². The second-order valence-corrected chi connectivity index (χ2v) is 6.50. The largest absolute Gasteiger partial charge is 0.314 e. The predicted molar refractivity (Wildman–Crippen MR) is 80.1 cm³/mol. The number of rotatable bonds is 5. The third-order valence-electron chi connectivity index (χ3n) is 4.88. The summed E-state index contributed by atoms with van der Waals surface area (Å²) in [6.45, 7) is 5.11. The van der Waals surface area contributed by atoms with Crippen molar-refractivity contribution < 1.29 is 8.78 Å². The number of hydrogen-bond donors (Lipinski definition) is 1. The third kappa shape index (κ3) is 3.80. The first kappa shape index (κ1) is 14.9. The van der Waals surface area contributed by atoms with E-state index in [2.05, 4.69) is 10.2 Å². The van der Waals surface area contributed by atoms with Crippen molar-refractivity contribution in [1.82, 2.24) is 10.2 Å². The van der Waals surface area contributed by atoms with Crippen molar-refractivity contribution in [3.63, 3.8) is 0 Å². The first-order chi connectivity index (χ1) is 10.1. The zero-order chi connectivity index (χ0) is 14.8. The topological polar surface area (TPSA) is 15.3 Å². The number of halogens is 2. The van der Waals surface area contributed by atoms with E-state index < -0.39 is 11.6 Å². The van der Waals surface area contributed by atoms with Crippen molar-refractivity contribution >= 4 is 0 Å². The van der Waals surface area contributed by atoms with E-state index in [-0.39, 0.29) is 6.04 Å². The Morgan fingerprint density at radius 1 is 1.19 bits per heavy atom. The van der Waals surface area contributed by atoms with Crippen molar-refractivity contribution in [3.05, 3.63) is 35.4 Å². The molecule has 1 atom stereocenters. The lowest BCUT2D eigenvalue weighted by atomic mass is 9.99. The number of likely N-dealkylation sites (tertiary alicyclic amines) is 1. The van der Waals surface area contributed by atoms with Gasteiger partial charge in [-0.15, -0.1) is 0 Å². The summed E-state index contributed by atoms with van der Waals surface area (Å²) in [5.74, 6) is -0.0295. The van der Waals surface area contributed by atoms with E-state index in [4.69, 9.17) is 0 Å². The van der Waals surface area contributed by atoms with Crippen molar-refractivity contribution in [1.29, 1.82) is 0 Å². The fourth-order valence-electron chi connectivity index (χ4n) is 3.18. The molecule has 1 aliphatic heterocycles. The Labute approximate surface area is 125 Å². The molecule has 4 heteroatoms. The maximum atomic E-state index is 13.9. The minimum atomic E-state index is -0.508. The average molecular weight is 294 g/mol. The zero-order valence-electron chi connectivity index (χ0n) is 12.6. The van der Waals surface area contributed by atoms with Gasteiger partial charge in [0, 0.05) is 36.8 Å². The Hall–Kier alpha value is -1.00. The van der Waals surface area contributed by atoms with E-state index in [9.17, 15) is 8.78 Å². The van der Waals surface area contributed by atoms with Gasteiger partial charge in [0.1, 0.15) is 11.6 Å². The first-order valence-corrected chi connectivity index (χ1v) is 8.06. The van der Waals surface area contributed by atoms with E-state index in [1.807, 2.05) is 6.92 Å². The summed E-state index contributed by atoms with van der Waals surface area (Å²) >= 11 is 0. The molecule has 1 aliphatic carbocycles. The van der Waals surface area contributed by atoms with Gasteiger partial charge in [0.15, 0.2) is 0 Å². The molecule has 2 nitrogen and oxygen atoms in total. The summed E-state index contributed by atoms with van der Waals surface area (Å²) in [4.78, 5) is 2.30. The number of benzene rings is 1. The quantitative estimate of drug-likeness (QED) is 0.894. The highest BCUT2D eigenvalue weighted by molar-refractivity contribution is 5.21. The summed E-state index contributed by atoms with van der Waals surface area (Å²) in [5, 5.41) is 3.65. The molecular formula is C17H24F2N2. The van der Waals surface area contributed by atoms with Gasteiger partial charge < -0.3 is 5.32 Å². The molecule has 0 amide bonds. The molecule has 1 aromatic rings. The molecule has 0 spiro atoms. The van der Waals surface area contributed by atoms with Crippen LogP contribution in [0.2, 0.25) is 0 Å². The minimum absolute atomic E-state index is 0.00924. The minimum Gasteiger partial charge on any atom is -0.314 e. The van der Waals surface area contributed by atoms with E-state index in [0.717, 1.165) is 44.5 Å². The van der Waals surface area contributed by atoms with Crippen LogP contribution in [0.25, 0.3) is 0 Å². The number of nitrogens with zero attached hydrogens (tertiary/aromatic N) is 1. The highest BCUT2D eigenvalue weighted by Gasteiger charge is 2.27. The van der Waals surface area contributed by atoms with Gasteiger partial charge in [-0.2, -0.15) is 0 Å². The van der Waals surface area contributed by atoms with Gasteiger partial charge in [0.05, 0.1) is 0 Å². The normalized spacial score (nSPS) is 22.4. The second kappa shape index (κ2) is 6.41. The van der Waals surface area contributed by atoms with Gasteiger partial charge in [0.2, 0.25) is 0 Å². The Morgan fingerprint density at radius 2 is 1.90 bits per heavy atom. The Kier molecular flexibility index (Phi) is 4.55. The maximum Gasteiger partial charge on any atom is 0.130 e. The Bertz CT molecular complexity index is 480. The number of piperidine rings is 1. The van der Waals surface area contributed by atoms with Crippen molar-refractivity contribution in [2.24, 2.45) is 5.92 Å². The van der Waals surface area contributed by atoms with Crippen molar-refractivity contribution in [2.75, 3.05) is 19.6 Å². The molecule has 21 heavy (non-hydrogen) atoms. The molecule has 2 aliphatic rings. The lowest BCUT2D eigenvalue weighted by molar-refractivity contribution is 0.150. The van der Waals surface area contributed by atoms with Crippen LogP contribution in [0.15, 0.2) is 18.2 Å². The fraction of sp³-hybridized carbons (Fsp3) is 0.647. The molecule has 2 fully saturated rings. The van der Waals surface area contributed by atoms with Gasteiger partial charge in [-0.25, -0.2) is 8.78 Å². The van der Waals surface area contributed by atoms with Crippen molar-refractivity contribution in [2.45, 2.75) is 44.7 Å². The molecule has 116 valence electrons. The third-order valence-corrected chi connectivity index (χ3v) is 4.88. The fourth-order valence-corrected chi connectivity index (χ4v) is 3.18. The highest BCUT2D eigenvalue weighted by atomic mass is 19.1. The van der Waals surface area contributed by atoms with Crippen LogP contribution in [0.5, 0.6) is 0 Å². The van der Waals surface area contributed by atoms with Crippen LogP contribution in [0, 0.1) is 17.6 Å². The molecule has 0 aromatic heterocycles. The highest BCUT2D eigenvalue weighted by Crippen LogP contribution is 2.29. The SMILES string of the molecule is CC(c1ccc(F)cc1F)N1CCC(NCC2CC2)CC1. The lowest BCUT2D eigenvalue weighted by Crippen LogP contribution is -2.44. The summed E-state index contributed by atoms with van der Waals surface area (Å²) in [6.07, 6.45) is 4.99. The van der Waals surface area contributed by atoms with E-state index in [1.54, 1.807) is 6.07 Å². The molecule has 1 saturated carbocycles. The second-order valence-electron chi connectivity index (χ2n) is 6.50. The van der Waals surface area contributed by atoms with Gasteiger partial charge in [-0.1, -0.05) is 6.07 Å². The monoisotopic (exact) mass is 294 g/mol. The van der Waals surface area contributed by atoms with Gasteiger partial charge in [-0.3, -0.25) is 4.90 Å². The van der Waals surface area contributed by atoms with Gasteiger partial charge in [-0.05, 0) is 51.1 Å². The van der Waals surface area contributed by atoms with Gasteiger partial charge >= 0.3 is 0 Å². The molecule has 0 bridgehead atoms. The summed E-state index contributed by atoms with van der Waals surface area (Å²) in [6, 6.07) is 4.52. The van der Waals surface area contributed by atoms with Crippen LogP contribution in [0.4, 0.5) is 8.78 Å². The van der Waals surface area contributed by atoms with Crippen LogP contribution < -0.4 is 5.32 Å². The smallest absolute Gasteiger partial charge is 0.130 e. The lowest BCUT2D eigenvalue weighted by Gasteiger charge is -2.36. The van der Waals surface area contributed by atoms with Crippen molar-refractivity contribution in [3.8, 4) is 0 Å². The summed E-state index contributed by atoms with van der Waals surface area (Å²) in [7, 11) is 0. The molecule has 1 saturated heterocycles. The molecule has 1 aromatic carbocycles. The molecular weight excluding hydrogens is 270 g/mol. The molecule has 1 heterocycles. The Balaban J connectivity index is 1.52. The summed E-state index contributed by atoms with van der Waals surface area (Å²) < 4.78 is 26.9. The van der Waals surface area contributed by atoms with E-state index in [1.165, 1.54) is 18.9 Å². The average Bonchev–Trinajstić information content (AvgIpc) is 3.29. The number of hydrogen-bond acceptors (Lipinski definition) is 2. The molecule has 0 radical (unpaired) electrons. The first-order valence-electron chi connectivity index (χ1n) is 8.06. The predicted octanol–water partition coefficient (Wildman–Crippen LogP) is 3.49. The van der Waals surface area contributed by atoms with E-state index in [0.29, 0.717) is 11.6 Å².